The van der Waals surface area contributed by atoms with E-state index < -0.39 is 0 Å². The molecule has 1 aromatic rings. The summed E-state index contributed by atoms with van der Waals surface area (Å²) >= 11 is 0. The molecule has 0 saturated carbocycles. The molecule has 2 fully saturated rings. The molecule has 2 saturated heterocycles. The zero-order valence-electron chi connectivity index (χ0n) is 14.5. The van der Waals surface area contributed by atoms with Gasteiger partial charge in [-0.1, -0.05) is 12.1 Å². The number of benzene rings is 1. The van der Waals surface area contributed by atoms with E-state index in [2.05, 4.69) is 23.6 Å². The molecule has 0 spiro atoms. The van der Waals surface area contributed by atoms with E-state index in [1.807, 2.05) is 12.1 Å². The minimum atomic E-state index is 0.0838. The summed E-state index contributed by atoms with van der Waals surface area (Å²) in [5.41, 5.74) is 2.18. The number of carbonyl (C=O) groups excluding carboxylic acids is 1. The maximum Gasteiger partial charge on any atom is 0.224 e. The van der Waals surface area contributed by atoms with Crippen molar-refractivity contribution in [1.29, 1.82) is 0 Å². The summed E-state index contributed by atoms with van der Waals surface area (Å²) in [7, 11) is 0. The van der Waals surface area contributed by atoms with Crippen molar-refractivity contribution in [3.8, 4) is 5.75 Å². The van der Waals surface area contributed by atoms with Crippen LogP contribution in [0.3, 0.4) is 0 Å². The van der Waals surface area contributed by atoms with Gasteiger partial charge in [-0.05, 0) is 50.8 Å². The molecule has 2 aliphatic rings. The van der Waals surface area contributed by atoms with Crippen molar-refractivity contribution < 1.29 is 14.3 Å². The molecular formula is C19H28N2O3. The number of hydrogen-bond acceptors (Lipinski definition) is 4. The Labute approximate surface area is 144 Å². The lowest BCUT2D eigenvalue weighted by Crippen LogP contribution is -2.40. The zero-order valence-corrected chi connectivity index (χ0v) is 14.5. The summed E-state index contributed by atoms with van der Waals surface area (Å²) in [4.78, 5) is 12.3. The Morgan fingerprint density at radius 3 is 3.04 bits per heavy atom. The van der Waals surface area contributed by atoms with Gasteiger partial charge in [0.15, 0.2) is 0 Å². The minimum absolute atomic E-state index is 0.0838. The summed E-state index contributed by atoms with van der Waals surface area (Å²) in [5.74, 6) is 1.07. The molecule has 0 bridgehead atoms. The predicted molar refractivity (Wildman–Crippen MR) is 93.1 cm³/mol. The summed E-state index contributed by atoms with van der Waals surface area (Å²) in [5, 5.41) is 6.35. The van der Waals surface area contributed by atoms with E-state index in [4.69, 9.17) is 9.47 Å². The van der Waals surface area contributed by atoms with Crippen LogP contribution in [0.2, 0.25) is 0 Å². The molecule has 1 amide bonds. The highest BCUT2D eigenvalue weighted by molar-refractivity contribution is 5.79. The first-order chi connectivity index (χ1) is 11.7. The van der Waals surface area contributed by atoms with Crippen molar-refractivity contribution in [1.82, 2.24) is 10.6 Å². The Morgan fingerprint density at radius 2 is 2.29 bits per heavy atom. The van der Waals surface area contributed by atoms with Crippen LogP contribution in [0.25, 0.3) is 0 Å². The smallest absolute Gasteiger partial charge is 0.224 e. The van der Waals surface area contributed by atoms with E-state index in [1.165, 1.54) is 0 Å². The summed E-state index contributed by atoms with van der Waals surface area (Å²) < 4.78 is 11.6. The predicted octanol–water partition coefficient (Wildman–Crippen LogP) is 2.17. The fourth-order valence-electron chi connectivity index (χ4n) is 3.30. The maximum atomic E-state index is 12.3. The van der Waals surface area contributed by atoms with Gasteiger partial charge in [-0.25, -0.2) is 0 Å². The van der Waals surface area contributed by atoms with Gasteiger partial charge in [0.05, 0.1) is 12.0 Å². The molecule has 3 rings (SSSR count). The fraction of sp³-hybridized carbons (Fsp3) is 0.632. The normalized spacial score (nSPS) is 23.9. The average molecular weight is 332 g/mol. The number of hydrogen-bond donors (Lipinski definition) is 2. The molecule has 0 radical (unpaired) electrons. The van der Waals surface area contributed by atoms with Crippen LogP contribution in [0.4, 0.5) is 0 Å². The van der Waals surface area contributed by atoms with E-state index in [0.29, 0.717) is 13.2 Å². The van der Waals surface area contributed by atoms with Crippen molar-refractivity contribution in [3.05, 3.63) is 29.3 Å². The highest BCUT2D eigenvalue weighted by Crippen LogP contribution is 2.22. The van der Waals surface area contributed by atoms with Crippen molar-refractivity contribution >= 4 is 5.91 Å². The summed E-state index contributed by atoms with van der Waals surface area (Å²) in [6.07, 6.45) is 4.40. The number of carbonyl (C=O) groups is 1. The molecule has 24 heavy (non-hydrogen) atoms. The Balaban J connectivity index is 1.56. The first kappa shape index (κ1) is 17.2. The number of nitrogens with one attached hydrogen (secondary N) is 2. The standard InChI is InChI=1S/C19H28N2O3/c1-14-6-7-15(12-21-19(22)16-4-2-8-20-11-16)18(10-14)24-13-17-5-3-9-23-17/h6-7,10,16-17,20H,2-5,8-9,11-13H2,1H3,(H,21,22). The Morgan fingerprint density at radius 1 is 1.38 bits per heavy atom. The Kier molecular flexibility index (Phi) is 6.10. The van der Waals surface area contributed by atoms with Gasteiger partial charge < -0.3 is 20.1 Å². The highest BCUT2D eigenvalue weighted by Gasteiger charge is 2.21. The van der Waals surface area contributed by atoms with E-state index >= 15 is 0 Å². The van der Waals surface area contributed by atoms with Gasteiger partial charge in [-0.15, -0.1) is 0 Å². The van der Waals surface area contributed by atoms with Gasteiger partial charge in [0.25, 0.3) is 0 Å². The SMILES string of the molecule is Cc1ccc(CNC(=O)C2CCCNC2)c(OCC2CCCO2)c1. The quantitative estimate of drug-likeness (QED) is 0.838. The summed E-state index contributed by atoms with van der Waals surface area (Å²) in [6.45, 7) is 5.77. The Bertz CT molecular complexity index is 550. The van der Waals surface area contributed by atoms with Crippen LogP contribution >= 0.6 is 0 Å². The van der Waals surface area contributed by atoms with Crippen molar-refractivity contribution in [2.24, 2.45) is 5.92 Å². The van der Waals surface area contributed by atoms with Gasteiger partial charge in [0.1, 0.15) is 12.4 Å². The van der Waals surface area contributed by atoms with Crippen LogP contribution in [-0.4, -0.2) is 38.3 Å². The van der Waals surface area contributed by atoms with Crippen molar-refractivity contribution in [3.63, 3.8) is 0 Å². The van der Waals surface area contributed by atoms with Gasteiger partial charge in [0.2, 0.25) is 5.91 Å². The molecule has 1 aromatic carbocycles. The van der Waals surface area contributed by atoms with Crippen molar-refractivity contribution in [2.45, 2.75) is 45.3 Å². The van der Waals surface area contributed by atoms with Crippen molar-refractivity contribution in [2.75, 3.05) is 26.3 Å². The van der Waals surface area contributed by atoms with E-state index in [1.54, 1.807) is 0 Å². The molecule has 5 nitrogen and oxygen atoms in total. The van der Waals surface area contributed by atoms with Crippen LogP contribution in [0.5, 0.6) is 5.75 Å². The van der Waals surface area contributed by atoms with Crippen LogP contribution in [0, 0.1) is 12.8 Å². The van der Waals surface area contributed by atoms with Crippen LogP contribution in [0.1, 0.15) is 36.8 Å². The molecule has 5 heteroatoms. The second kappa shape index (κ2) is 8.49. The second-order valence-corrected chi connectivity index (χ2v) is 6.82. The lowest BCUT2D eigenvalue weighted by molar-refractivity contribution is -0.125. The van der Waals surface area contributed by atoms with Gasteiger partial charge in [-0.2, -0.15) is 0 Å². The molecule has 2 heterocycles. The minimum Gasteiger partial charge on any atom is -0.491 e. The van der Waals surface area contributed by atoms with Crippen LogP contribution < -0.4 is 15.4 Å². The number of ether oxygens (including phenoxy) is 2. The molecule has 2 N–H and O–H groups in total. The average Bonchev–Trinajstić information content (AvgIpc) is 3.13. The van der Waals surface area contributed by atoms with Crippen LogP contribution in [-0.2, 0) is 16.1 Å². The summed E-state index contributed by atoms with van der Waals surface area (Å²) in [6, 6.07) is 6.14. The maximum absolute atomic E-state index is 12.3. The molecule has 2 atom stereocenters. The van der Waals surface area contributed by atoms with Gasteiger partial charge >= 0.3 is 0 Å². The highest BCUT2D eigenvalue weighted by atomic mass is 16.5. The van der Waals surface area contributed by atoms with Gasteiger partial charge in [0, 0.05) is 25.3 Å². The number of amides is 1. The monoisotopic (exact) mass is 332 g/mol. The topological polar surface area (TPSA) is 59.6 Å². The number of piperidine rings is 1. The molecule has 0 aliphatic carbocycles. The second-order valence-electron chi connectivity index (χ2n) is 6.82. The van der Waals surface area contributed by atoms with E-state index in [-0.39, 0.29) is 17.9 Å². The number of rotatable bonds is 6. The van der Waals surface area contributed by atoms with E-state index in [9.17, 15) is 4.79 Å². The Hall–Kier alpha value is -1.59. The van der Waals surface area contributed by atoms with Crippen LogP contribution in [0.15, 0.2) is 18.2 Å². The third-order valence-corrected chi connectivity index (χ3v) is 4.79. The zero-order chi connectivity index (χ0) is 16.8. The molecular weight excluding hydrogens is 304 g/mol. The fourth-order valence-corrected chi connectivity index (χ4v) is 3.30. The molecule has 2 unspecified atom stereocenters. The first-order valence-corrected chi connectivity index (χ1v) is 9.05. The third kappa shape index (κ3) is 4.71. The van der Waals surface area contributed by atoms with Gasteiger partial charge in [-0.3, -0.25) is 4.79 Å². The molecule has 132 valence electrons. The largest absolute Gasteiger partial charge is 0.491 e. The molecule has 2 aliphatic heterocycles. The molecule has 0 aromatic heterocycles. The van der Waals surface area contributed by atoms with E-state index in [0.717, 1.165) is 62.3 Å². The number of aryl methyl sites for hydroxylation is 1. The lowest BCUT2D eigenvalue weighted by atomic mass is 9.99. The third-order valence-electron chi connectivity index (χ3n) is 4.79. The first-order valence-electron chi connectivity index (χ1n) is 9.05. The lowest BCUT2D eigenvalue weighted by Gasteiger charge is -2.22.